The summed E-state index contributed by atoms with van der Waals surface area (Å²) in [4.78, 5) is 22.5. The van der Waals surface area contributed by atoms with Crippen LogP contribution in [0.3, 0.4) is 0 Å². The number of rotatable bonds is 24. The molecular weight excluding hydrogens is 889 g/mol. The Kier molecular flexibility index (Phi) is 30.6. The molecule has 25 heteroatoms. The number of halogens is 9. The maximum absolute atomic E-state index is 12.9. The van der Waals surface area contributed by atoms with Gasteiger partial charge in [-0.1, -0.05) is 46.8 Å². The molecule has 0 saturated carbocycles. The SMILES string of the molecule is CCC(C)(C)C(=O)OCCOS(=O)(=O)[N-]S(=O)(=O)C(F)(F)F.CCC(C)C(=O)OCC(F)(F)CC(F)(F)C(F)F.CCC(C)c1ccc(OCCOCCOC)cc1.[K+]. The van der Waals surface area contributed by atoms with Gasteiger partial charge in [-0.05, 0) is 56.7 Å². The monoisotopic (exact) mass is 941 g/mol. The van der Waals surface area contributed by atoms with E-state index in [-0.39, 0.29) is 51.4 Å². The first-order valence-corrected chi connectivity index (χ1v) is 20.4. The summed E-state index contributed by atoms with van der Waals surface area (Å²) < 4.78 is 183. The van der Waals surface area contributed by atoms with Crippen LogP contribution < -0.4 is 56.1 Å². The first-order chi connectivity index (χ1) is 26.4. The van der Waals surface area contributed by atoms with Crippen molar-refractivity contribution in [3.05, 3.63) is 34.0 Å². The van der Waals surface area contributed by atoms with E-state index in [1.54, 1.807) is 38.9 Å². The van der Waals surface area contributed by atoms with Crippen molar-refractivity contribution in [3.8, 4) is 5.75 Å². The van der Waals surface area contributed by atoms with Gasteiger partial charge in [0.2, 0.25) is 10.3 Å². The van der Waals surface area contributed by atoms with Crippen molar-refractivity contribution >= 4 is 32.3 Å². The number of sulfonamides is 1. The smallest absolute Gasteiger partial charge is 0.491 e. The third-order valence-corrected chi connectivity index (χ3v) is 10.3. The second kappa shape index (κ2) is 29.1. The van der Waals surface area contributed by atoms with Crippen molar-refractivity contribution in [1.82, 2.24) is 0 Å². The van der Waals surface area contributed by atoms with Crippen molar-refractivity contribution in [2.75, 3.05) is 53.4 Å². The molecule has 0 aliphatic carbocycles. The predicted molar refractivity (Wildman–Crippen MR) is 193 cm³/mol. The second-order valence-corrected chi connectivity index (χ2v) is 16.1. The van der Waals surface area contributed by atoms with Gasteiger partial charge in [0.25, 0.3) is 5.92 Å². The fraction of sp³-hybridized carbons (Fsp3) is 0.765. The molecule has 0 N–H and O–H groups in total. The van der Waals surface area contributed by atoms with E-state index >= 15 is 0 Å². The van der Waals surface area contributed by atoms with E-state index in [2.05, 4.69) is 39.6 Å². The quantitative estimate of drug-likeness (QED) is 0.0576. The zero-order valence-corrected chi connectivity index (χ0v) is 39.1. The average Bonchev–Trinajstić information content (AvgIpc) is 3.12. The first kappa shape index (κ1) is 62.0. The van der Waals surface area contributed by atoms with E-state index in [9.17, 15) is 65.9 Å². The molecule has 0 amide bonds. The Balaban J connectivity index is -0.000000796. The Morgan fingerprint density at radius 2 is 1.32 bits per heavy atom. The Morgan fingerprint density at radius 3 is 1.78 bits per heavy atom. The summed E-state index contributed by atoms with van der Waals surface area (Å²) in [6.07, 6.45) is -4.62. The van der Waals surface area contributed by atoms with E-state index in [1.165, 1.54) is 12.5 Å². The van der Waals surface area contributed by atoms with Crippen LogP contribution in [0.1, 0.15) is 85.6 Å². The molecule has 0 fully saturated rings. The number of hydrogen-bond donors (Lipinski definition) is 0. The van der Waals surface area contributed by atoms with Gasteiger partial charge in [-0.15, -0.1) is 0 Å². The minimum atomic E-state index is -6.23. The van der Waals surface area contributed by atoms with Gasteiger partial charge in [0.1, 0.15) is 19.0 Å². The number of alkyl halides is 9. The van der Waals surface area contributed by atoms with Crippen LogP contribution in [-0.4, -0.2) is 106 Å². The molecule has 0 bridgehead atoms. The molecule has 1 aromatic rings. The van der Waals surface area contributed by atoms with Gasteiger partial charge in [0.15, 0.2) is 16.6 Å². The van der Waals surface area contributed by atoms with Crippen LogP contribution in [0.15, 0.2) is 24.3 Å². The largest absolute Gasteiger partial charge is 1.00 e. The molecule has 0 radical (unpaired) electrons. The van der Waals surface area contributed by atoms with Crippen LogP contribution in [0, 0.1) is 11.3 Å². The molecule has 0 aliphatic rings. The molecule has 0 spiro atoms. The van der Waals surface area contributed by atoms with E-state index in [4.69, 9.17) is 14.2 Å². The first-order valence-electron chi connectivity index (χ1n) is 17.6. The number of hydrogen-bond acceptors (Lipinski definition) is 12. The van der Waals surface area contributed by atoms with Crippen LogP contribution in [0.25, 0.3) is 4.13 Å². The average molecular weight is 942 g/mol. The number of benzene rings is 1. The Morgan fingerprint density at radius 1 is 0.780 bits per heavy atom. The van der Waals surface area contributed by atoms with E-state index in [0.29, 0.717) is 45.2 Å². The van der Waals surface area contributed by atoms with Crippen molar-refractivity contribution in [3.63, 3.8) is 0 Å². The van der Waals surface area contributed by atoms with Crippen molar-refractivity contribution < 1.29 is 145 Å². The van der Waals surface area contributed by atoms with Gasteiger partial charge in [-0.25, -0.2) is 43.2 Å². The number of methoxy groups -OCH3 is 1. The number of carbonyl (C=O) groups is 2. The van der Waals surface area contributed by atoms with E-state index in [0.717, 1.165) is 12.2 Å². The number of nitrogens with zero attached hydrogens (tertiary/aromatic N) is 1. The Labute approximate surface area is 382 Å². The summed E-state index contributed by atoms with van der Waals surface area (Å²) in [6.45, 7) is 11.6. The summed E-state index contributed by atoms with van der Waals surface area (Å²) >= 11 is 0. The van der Waals surface area contributed by atoms with Gasteiger partial charge >= 0.3 is 81.2 Å². The summed E-state index contributed by atoms with van der Waals surface area (Å²) in [5, 5.41) is 0. The fourth-order valence-corrected chi connectivity index (χ4v) is 5.10. The zero-order chi connectivity index (χ0) is 45.6. The number of esters is 2. The molecule has 0 heterocycles. The van der Waals surface area contributed by atoms with Gasteiger partial charge in [0.05, 0.1) is 44.2 Å². The fourth-order valence-electron chi connectivity index (χ4n) is 3.35. The van der Waals surface area contributed by atoms with Gasteiger partial charge in [0, 0.05) is 7.11 Å². The molecule has 1 rings (SSSR count). The summed E-state index contributed by atoms with van der Waals surface area (Å²) in [5.41, 5.74) is -5.33. The molecular formula is C34H53F9KNO12S2. The molecule has 1 aromatic carbocycles. The molecule has 59 heavy (non-hydrogen) atoms. The standard InChI is InChI=1S/C15H24O3.C10H14F6O2.C9H15F3NO7S2.K/c1-4-13(2)14-5-7-15(8-6-14)18-12-11-17-10-9-16-3;1-3-6(2)7(17)18-5-9(13,14)4-10(15,16)8(11)12;1-4-8(2,3)7(14)19-5-6-20-22(17,18)13-21(15,16)9(10,11)12;/h5-8,13H,4,9-12H2,1-3H3;6,8H,3-5H2,1-2H3;4-6H2,1-3H3;/q;;-1;+1. The second-order valence-electron chi connectivity index (χ2n) is 13.0. The topological polar surface area (TPSA) is 172 Å². The zero-order valence-electron chi connectivity index (χ0n) is 34.4. The van der Waals surface area contributed by atoms with Crippen LogP contribution in [0.2, 0.25) is 0 Å². The maximum atomic E-state index is 12.9. The van der Waals surface area contributed by atoms with Crippen LogP contribution in [0.5, 0.6) is 5.75 Å². The van der Waals surface area contributed by atoms with Crippen LogP contribution in [0.4, 0.5) is 39.5 Å². The van der Waals surface area contributed by atoms with E-state index < -0.39 is 93.6 Å². The minimum absolute atomic E-state index is 0. The van der Waals surface area contributed by atoms with E-state index in [1.807, 2.05) is 12.1 Å². The predicted octanol–water partition coefficient (Wildman–Crippen LogP) is 5.20. The Hall–Kier alpha value is -1.29. The molecule has 0 aliphatic heterocycles. The van der Waals surface area contributed by atoms with Crippen molar-refractivity contribution in [2.45, 2.75) is 104 Å². The third-order valence-electron chi connectivity index (χ3n) is 7.71. The Bertz CT molecular complexity index is 1550. The summed E-state index contributed by atoms with van der Waals surface area (Å²) in [7, 11) is -9.90. The van der Waals surface area contributed by atoms with Gasteiger partial charge < -0.3 is 27.8 Å². The molecule has 2 unspecified atom stereocenters. The van der Waals surface area contributed by atoms with Crippen molar-refractivity contribution in [2.24, 2.45) is 11.3 Å². The summed E-state index contributed by atoms with van der Waals surface area (Å²) in [6, 6.07) is 8.32. The van der Waals surface area contributed by atoms with Crippen LogP contribution >= 0.6 is 0 Å². The maximum Gasteiger partial charge on any atom is 1.00 e. The van der Waals surface area contributed by atoms with Crippen molar-refractivity contribution in [1.29, 1.82) is 0 Å². The molecule has 0 saturated heterocycles. The van der Waals surface area contributed by atoms with Gasteiger partial charge in [-0.3, -0.25) is 13.8 Å². The minimum Gasteiger partial charge on any atom is -0.491 e. The molecule has 342 valence electrons. The molecule has 0 aromatic heterocycles. The molecule has 13 nitrogen and oxygen atoms in total. The van der Waals surface area contributed by atoms with Gasteiger partial charge in [-0.2, -0.15) is 13.2 Å². The number of carbonyl (C=O) groups excluding carboxylic acids is 2. The number of ether oxygens (including phenoxy) is 5. The third kappa shape index (κ3) is 27.4. The van der Waals surface area contributed by atoms with Crippen LogP contribution in [-0.2, 0) is 53.0 Å². The molecule has 2 atom stereocenters. The normalized spacial score (nSPS) is 13.5. The summed E-state index contributed by atoms with van der Waals surface area (Å²) in [5.74, 6) is -9.80.